The molecule has 2 aromatic carbocycles. The van der Waals surface area contributed by atoms with Crippen LogP contribution in [-0.4, -0.2) is 34.7 Å². The number of imidazole rings is 1. The first-order valence-electron chi connectivity index (χ1n) is 7.75. The number of methoxy groups -OCH3 is 1. The van der Waals surface area contributed by atoms with Crippen LogP contribution in [0, 0.1) is 11.2 Å². The van der Waals surface area contributed by atoms with Gasteiger partial charge in [-0.05, 0) is 30.3 Å². The van der Waals surface area contributed by atoms with E-state index in [1.807, 2.05) is 0 Å². The Balaban J connectivity index is 1.80. The number of H-pyrrole nitrogens is 1. The lowest BCUT2D eigenvalue weighted by atomic mass is 9.90. The summed E-state index contributed by atoms with van der Waals surface area (Å²) in [5, 5.41) is 10.9. The van der Waals surface area contributed by atoms with E-state index in [9.17, 15) is 14.0 Å². The number of ether oxygens (including phenoxy) is 1. The number of anilines is 1. The van der Waals surface area contributed by atoms with E-state index in [-0.39, 0.29) is 22.8 Å². The second kappa shape index (κ2) is 5.76. The summed E-state index contributed by atoms with van der Waals surface area (Å²) in [6, 6.07) is 8.97. The summed E-state index contributed by atoms with van der Waals surface area (Å²) >= 11 is 0. The summed E-state index contributed by atoms with van der Waals surface area (Å²) in [6.07, 6.45) is 0. The predicted molar refractivity (Wildman–Crippen MR) is 92.0 cm³/mol. The smallest absolute Gasteiger partial charge is 0.337 e. The van der Waals surface area contributed by atoms with Gasteiger partial charge < -0.3 is 20.4 Å². The predicted octanol–water partition coefficient (Wildman–Crippen LogP) is 2.59. The van der Waals surface area contributed by atoms with E-state index in [0.29, 0.717) is 16.6 Å². The molecule has 1 atom stereocenters. The van der Waals surface area contributed by atoms with Gasteiger partial charge in [0.1, 0.15) is 17.6 Å². The first-order chi connectivity index (χ1) is 12.5. The van der Waals surface area contributed by atoms with E-state index < -0.39 is 23.6 Å². The highest BCUT2D eigenvalue weighted by molar-refractivity contribution is 6.25. The van der Waals surface area contributed by atoms with Gasteiger partial charge in [0.15, 0.2) is 0 Å². The fourth-order valence-corrected chi connectivity index (χ4v) is 3.05. The van der Waals surface area contributed by atoms with Gasteiger partial charge in [0, 0.05) is 0 Å². The first kappa shape index (κ1) is 15.9. The second-order valence-corrected chi connectivity index (χ2v) is 5.84. The number of amides is 1. The van der Waals surface area contributed by atoms with Gasteiger partial charge in [-0.15, -0.1) is 0 Å². The normalized spacial score (nSPS) is 16.3. The lowest BCUT2D eigenvalue weighted by molar-refractivity contribution is -0.116. The van der Waals surface area contributed by atoms with Gasteiger partial charge >= 0.3 is 5.97 Å². The summed E-state index contributed by atoms with van der Waals surface area (Å²) in [5.74, 6) is -2.42. The molecule has 1 aromatic heterocycles. The summed E-state index contributed by atoms with van der Waals surface area (Å²) in [6.45, 7) is 0. The van der Waals surface area contributed by atoms with Crippen molar-refractivity contribution in [3.8, 4) is 0 Å². The van der Waals surface area contributed by atoms with Crippen molar-refractivity contribution in [2.24, 2.45) is 0 Å². The van der Waals surface area contributed by atoms with Gasteiger partial charge in [0.05, 0.1) is 40.7 Å². The summed E-state index contributed by atoms with van der Waals surface area (Å²) in [5.41, 5.74) is 1.51. The highest BCUT2D eigenvalue weighted by Crippen LogP contribution is 2.32. The standard InChI is InChI=1S/C18H13FN4O3/c1-26-18(25)8-5-6-10-12(7-8)22-16(21-10)14-15(20)13-9(19)3-2-4-11(13)23-17(14)24/h2-7,14,20H,1H3,(H,21,22)(H,23,24). The SMILES string of the molecule is COC(=O)c1ccc2nc(C3C(=N)c4c(F)cccc4NC3=O)[nH]c2c1. The van der Waals surface area contributed by atoms with Crippen LogP contribution in [0.15, 0.2) is 36.4 Å². The number of halogens is 1. The molecule has 3 N–H and O–H groups in total. The van der Waals surface area contributed by atoms with E-state index in [1.165, 1.54) is 19.2 Å². The molecule has 1 amide bonds. The number of benzene rings is 2. The molecule has 7 nitrogen and oxygen atoms in total. The molecule has 2 heterocycles. The van der Waals surface area contributed by atoms with Crippen molar-refractivity contribution in [2.75, 3.05) is 12.4 Å². The molecule has 0 bridgehead atoms. The van der Waals surface area contributed by atoms with Crippen LogP contribution in [0.5, 0.6) is 0 Å². The fraction of sp³-hybridized carbons (Fsp3) is 0.111. The number of esters is 1. The van der Waals surface area contributed by atoms with Gasteiger partial charge in [0.25, 0.3) is 0 Å². The third-order valence-electron chi connectivity index (χ3n) is 4.29. The van der Waals surface area contributed by atoms with Crippen LogP contribution in [-0.2, 0) is 9.53 Å². The van der Waals surface area contributed by atoms with E-state index in [4.69, 9.17) is 5.41 Å². The van der Waals surface area contributed by atoms with E-state index in [0.717, 1.165) is 0 Å². The zero-order valence-electron chi connectivity index (χ0n) is 13.6. The summed E-state index contributed by atoms with van der Waals surface area (Å²) < 4.78 is 18.8. The number of hydrogen-bond donors (Lipinski definition) is 3. The number of carbonyl (C=O) groups is 2. The van der Waals surface area contributed by atoms with Crippen LogP contribution in [0.25, 0.3) is 11.0 Å². The monoisotopic (exact) mass is 352 g/mol. The molecule has 1 aliphatic heterocycles. The Kier molecular flexibility index (Phi) is 3.54. The fourth-order valence-electron chi connectivity index (χ4n) is 3.05. The maximum absolute atomic E-state index is 14.1. The Morgan fingerprint density at radius 2 is 2.12 bits per heavy atom. The minimum absolute atomic E-state index is 0.0489. The number of rotatable bonds is 2. The van der Waals surface area contributed by atoms with Gasteiger partial charge in [-0.3, -0.25) is 4.79 Å². The molecule has 4 rings (SSSR count). The van der Waals surface area contributed by atoms with Crippen LogP contribution < -0.4 is 5.32 Å². The molecule has 3 aromatic rings. The Bertz CT molecular complexity index is 1090. The van der Waals surface area contributed by atoms with Gasteiger partial charge in [0.2, 0.25) is 5.91 Å². The van der Waals surface area contributed by atoms with Crippen LogP contribution >= 0.6 is 0 Å². The molecule has 0 fully saturated rings. The highest BCUT2D eigenvalue weighted by Gasteiger charge is 2.36. The maximum atomic E-state index is 14.1. The van der Waals surface area contributed by atoms with Crippen LogP contribution in [0.2, 0.25) is 0 Å². The van der Waals surface area contributed by atoms with Crippen LogP contribution in [0.4, 0.5) is 10.1 Å². The second-order valence-electron chi connectivity index (χ2n) is 5.84. The molecule has 8 heteroatoms. The number of hydrogen-bond acceptors (Lipinski definition) is 5. The van der Waals surface area contributed by atoms with E-state index in [1.54, 1.807) is 24.3 Å². The van der Waals surface area contributed by atoms with Crippen LogP contribution in [0.1, 0.15) is 27.7 Å². The Morgan fingerprint density at radius 1 is 1.31 bits per heavy atom. The minimum atomic E-state index is -1.08. The molecule has 0 radical (unpaired) electrons. The number of fused-ring (bicyclic) bond motifs is 2. The van der Waals surface area contributed by atoms with Crippen molar-refractivity contribution >= 4 is 34.3 Å². The zero-order chi connectivity index (χ0) is 18.4. The number of aromatic nitrogens is 2. The van der Waals surface area contributed by atoms with Crippen molar-refractivity contribution in [1.29, 1.82) is 5.41 Å². The third kappa shape index (κ3) is 2.34. The van der Waals surface area contributed by atoms with E-state index in [2.05, 4.69) is 20.0 Å². The molecule has 26 heavy (non-hydrogen) atoms. The molecule has 1 aliphatic rings. The molecule has 0 aliphatic carbocycles. The topological polar surface area (TPSA) is 108 Å². The molecule has 0 spiro atoms. The minimum Gasteiger partial charge on any atom is -0.465 e. The number of nitrogens with one attached hydrogen (secondary N) is 3. The lowest BCUT2D eigenvalue weighted by Crippen LogP contribution is -2.35. The van der Waals surface area contributed by atoms with Crippen molar-refractivity contribution in [3.05, 3.63) is 59.2 Å². The molecule has 1 unspecified atom stereocenters. The Labute approximate surface area is 146 Å². The number of aromatic amines is 1. The van der Waals surface area contributed by atoms with E-state index >= 15 is 0 Å². The first-order valence-corrected chi connectivity index (χ1v) is 7.75. The number of carbonyl (C=O) groups excluding carboxylic acids is 2. The molecule has 0 saturated heterocycles. The van der Waals surface area contributed by atoms with Crippen molar-refractivity contribution in [3.63, 3.8) is 0 Å². The van der Waals surface area contributed by atoms with Gasteiger partial charge in [-0.25, -0.2) is 14.2 Å². The Hall–Kier alpha value is -3.55. The highest BCUT2D eigenvalue weighted by atomic mass is 19.1. The largest absolute Gasteiger partial charge is 0.465 e. The molecule has 0 saturated carbocycles. The van der Waals surface area contributed by atoms with Crippen molar-refractivity contribution in [1.82, 2.24) is 9.97 Å². The average molecular weight is 352 g/mol. The van der Waals surface area contributed by atoms with Crippen molar-refractivity contribution < 1.29 is 18.7 Å². The summed E-state index contributed by atoms with van der Waals surface area (Å²) in [4.78, 5) is 31.4. The van der Waals surface area contributed by atoms with Gasteiger partial charge in [-0.1, -0.05) is 6.07 Å². The molecular weight excluding hydrogens is 339 g/mol. The summed E-state index contributed by atoms with van der Waals surface area (Å²) in [7, 11) is 1.28. The van der Waals surface area contributed by atoms with Crippen LogP contribution in [0.3, 0.4) is 0 Å². The molecular formula is C18H13FN4O3. The quantitative estimate of drug-likeness (QED) is 0.616. The lowest BCUT2D eigenvalue weighted by Gasteiger charge is -2.24. The van der Waals surface area contributed by atoms with Crippen molar-refractivity contribution in [2.45, 2.75) is 5.92 Å². The molecule has 130 valence electrons. The maximum Gasteiger partial charge on any atom is 0.337 e. The zero-order valence-corrected chi connectivity index (χ0v) is 13.6. The number of nitrogens with zero attached hydrogens (tertiary/aromatic N) is 1. The Morgan fingerprint density at radius 3 is 2.88 bits per heavy atom. The third-order valence-corrected chi connectivity index (χ3v) is 4.29. The van der Waals surface area contributed by atoms with Gasteiger partial charge in [-0.2, -0.15) is 0 Å². The average Bonchev–Trinajstić information content (AvgIpc) is 3.03.